The van der Waals surface area contributed by atoms with E-state index in [9.17, 15) is 27.6 Å². The Labute approximate surface area is 289 Å². The molecule has 0 radical (unpaired) electrons. The molecule has 50 heavy (non-hydrogen) atoms. The number of hydrogen-bond acceptors (Lipinski definition) is 5. The molecule has 3 aromatic carbocycles. The van der Waals surface area contributed by atoms with Crippen LogP contribution in [0.2, 0.25) is 0 Å². The highest BCUT2D eigenvalue weighted by Crippen LogP contribution is 2.42. The molecule has 0 aliphatic carbocycles. The Kier molecular flexibility index (Phi) is 10.2. The van der Waals surface area contributed by atoms with E-state index in [2.05, 4.69) is 15.3 Å². The van der Waals surface area contributed by atoms with Gasteiger partial charge in [-0.2, -0.15) is 18.3 Å². The number of hydrogen-bond donors (Lipinski definition) is 1. The fraction of sp³-hybridized carbons (Fsp3) is 0.316. The largest absolute Gasteiger partial charge is 0.416 e. The summed E-state index contributed by atoms with van der Waals surface area (Å²) in [6.45, 7) is 4.75. The normalized spacial score (nSPS) is 17.8. The topological polar surface area (TPSA) is 90.8 Å². The number of likely N-dealkylation sites (tertiary alicyclic amines) is 1. The zero-order chi connectivity index (χ0) is 35.4. The number of nitrogens with zero attached hydrogens (tertiary/aromatic N) is 5. The van der Waals surface area contributed by atoms with Gasteiger partial charge >= 0.3 is 6.18 Å². The number of anilines is 1. The van der Waals surface area contributed by atoms with Gasteiger partial charge in [-0.15, -0.1) is 0 Å². The summed E-state index contributed by atoms with van der Waals surface area (Å²) in [5.74, 6) is -1.31. The van der Waals surface area contributed by atoms with Crippen LogP contribution in [-0.2, 0) is 22.3 Å². The Morgan fingerprint density at radius 3 is 2.46 bits per heavy atom. The van der Waals surface area contributed by atoms with E-state index in [0.29, 0.717) is 24.5 Å². The van der Waals surface area contributed by atoms with Gasteiger partial charge in [0.15, 0.2) is 0 Å². The molecule has 260 valence electrons. The third kappa shape index (κ3) is 7.35. The van der Waals surface area contributed by atoms with Gasteiger partial charge in [-0.05, 0) is 68.3 Å². The fourth-order valence-corrected chi connectivity index (χ4v) is 6.72. The van der Waals surface area contributed by atoms with Crippen molar-refractivity contribution in [1.29, 1.82) is 0 Å². The molecule has 0 unspecified atom stereocenters. The predicted molar refractivity (Wildman–Crippen MR) is 184 cm³/mol. The molecule has 12 heteroatoms. The lowest BCUT2D eigenvalue weighted by molar-refractivity contribution is -0.137. The van der Waals surface area contributed by atoms with Gasteiger partial charge < -0.3 is 10.2 Å². The molecular weight excluding hydrogens is 645 g/mol. The first kappa shape index (κ1) is 34.6. The second-order valence-electron chi connectivity index (χ2n) is 12.6. The van der Waals surface area contributed by atoms with Crippen LogP contribution in [0.3, 0.4) is 0 Å². The SMILES string of the molecule is CCN1C(=O)[C@@H](NC(=O)c2cccc(C(F)(F)F)c2)[C@H](c2cccc(CN(C)C/C=C/C(=O)N3CCCC3)c2)c2cnn(-c3ccccc3)c21. The number of carbonyl (C=O) groups is 3. The quantitative estimate of drug-likeness (QED) is 0.214. The maximum Gasteiger partial charge on any atom is 0.416 e. The minimum atomic E-state index is -4.63. The van der Waals surface area contributed by atoms with Crippen LogP contribution in [0.25, 0.3) is 5.69 Å². The van der Waals surface area contributed by atoms with Crippen LogP contribution in [0, 0.1) is 0 Å². The summed E-state index contributed by atoms with van der Waals surface area (Å²) in [5, 5.41) is 7.47. The van der Waals surface area contributed by atoms with Crippen molar-refractivity contribution in [2.24, 2.45) is 0 Å². The van der Waals surface area contributed by atoms with Gasteiger partial charge in [0.05, 0.1) is 17.4 Å². The molecule has 1 saturated heterocycles. The first-order chi connectivity index (χ1) is 24.0. The van der Waals surface area contributed by atoms with Gasteiger partial charge in [-0.3, -0.25) is 24.2 Å². The smallest absolute Gasteiger partial charge is 0.339 e. The van der Waals surface area contributed by atoms with Crippen LogP contribution in [0.5, 0.6) is 0 Å². The summed E-state index contributed by atoms with van der Waals surface area (Å²) in [5.41, 5.74) is 1.96. The zero-order valence-corrected chi connectivity index (χ0v) is 27.9. The average molecular weight is 685 g/mol. The Morgan fingerprint density at radius 2 is 1.74 bits per heavy atom. The lowest BCUT2D eigenvalue weighted by Gasteiger charge is -2.38. The van der Waals surface area contributed by atoms with Gasteiger partial charge in [0.1, 0.15) is 11.9 Å². The predicted octanol–water partition coefficient (Wildman–Crippen LogP) is 5.80. The molecule has 4 aromatic rings. The van der Waals surface area contributed by atoms with Gasteiger partial charge in [0.2, 0.25) is 5.91 Å². The first-order valence-corrected chi connectivity index (χ1v) is 16.7. The third-order valence-corrected chi connectivity index (χ3v) is 9.14. The molecule has 1 N–H and O–H groups in total. The Morgan fingerprint density at radius 1 is 1.00 bits per heavy atom. The lowest BCUT2D eigenvalue weighted by atomic mass is 9.81. The van der Waals surface area contributed by atoms with Crippen molar-refractivity contribution in [3.05, 3.63) is 125 Å². The summed E-state index contributed by atoms with van der Waals surface area (Å²) in [6.07, 6.45) is 2.59. The lowest BCUT2D eigenvalue weighted by Crippen LogP contribution is -2.55. The Hall–Kier alpha value is -5.23. The number of rotatable bonds is 10. The number of alkyl halides is 3. The minimum Gasteiger partial charge on any atom is -0.339 e. The fourth-order valence-electron chi connectivity index (χ4n) is 6.72. The van der Waals surface area contributed by atoms with Crippen molar-refractivity contribution >= 4 is 23.5 Å². The van der Waals surface area contributed by atoms with E-state index in [0.717, 1.165) is 54.9 Å². The van der Waals surface area contributed by atoms with Crippen molar-refractivity contribution in [3.8, 4) is 5.69 Å². The van der Waals surface area contributed by atoms with Crippen LogP contribution < -0.4 is 10.2 Å². The van der Waals surface area contributed by atoms with E-state index in [1.165, 1.54) is 12.1 Å². The van der Waals surface area contributed by atoms with Crippen molar-refractivity contribution in [2.75, 3.05) is 38.1 Å². The van der Waals surface area contributed by atoms with Crippen molar-refractivity contribution in [1.82, 2.24) is 24.9 Å². The van der Waals surface area contributed by atoms with Gasteiger partial charge in [-0.25, -0.2) is 4.68 Å². The standard InChI is InChI=1S/C38H39F3N6O3/c1-3-46-36-31(24-42-47(36)30-16-5-4-6-17-30)33(34(37(46)50)43-35(49)28-14-10-15-29(23-28)38(39,40)41)27-13-9-12-26(22-27)25-44(2)19-11-18-32(48)45-20-7-8-21-45/h4-6,9-18,22-24,33-34H,3,7-8,19-21,25H2,1-2H3,(H,43,49)/b18-11+/t33-,34+/m1/s1. The van der Waals surface area contributed by atoms with E-state index < -0.39 is 35.5 Å². The van der Waals surface area contributed by atoms with E-state index in [4.69, 9.17) is 0 Å². The van der Waals surface area contributed by atoms with E-state index >= 15 is 0 Å². The molecule has 2 atom stereocenters. The number of carbonyl (C=O) groups excluding carboxylic acids is 3. The molecule has 1 aromatic heterocycles. The number of amides is 3. The molecule has 3 heterocycles. The highest BCUT2D eigenvalue weighted by atomic mass is 19.4. The number of halogens is 3. The van der Waals surface area contributed by atoms with Crippen molar-refractivity contribution in [2.45, 2.75) is 44.4 Å². The molecule has 9 nitrogen and oxygen atoms in total. The second kappa shape index (κ2) is 14.7. The summed E-state index contributed by atoms with van der Waals surface area (Å²) in [4.78, 5) is 45.8. The summed E-state index contributed by atoms with van der Waals surface area (Å²) < 4.78 is 42.2. The highest BCUT2D eigenvalue weighted by Gasteiger charge is 2.44. The zero-order valence-electron chi connectivity index (χ0n) is 27.9. The van der Waals surface area contributed by atoms with Crippen LogP contribution in [0.1, 0.15) is 58.3 Å². The summed E-state index contributed by atoms with van der Waals surface area (Å²) in [6, 6.07) is 20.1. The molecule has 2 aliphatic rings. The number of para-hydroxylation sites is 1. The number of nitrogens with one attached hydrogen (secondary N) is 1. The molecule has 0 bridgehead atoms. The average Bonchev–Trinajstić information content (AvgIpc) is 3.80. The molecule has 0 saturated carbocycles. The molecular formula is C38H39F3N6O3. The van der Waals surface area contributed by atoms with Gasteiger partial charge in [0, 0.05) is 55.8 Å². The second-order valence-corrected chi connectivity index (χ2v) is 12.6. The third-order valence-electron chi connectivity index (χ3n) is 9.14. The minimum absolute atomic E-state index is 0.0195. The van der Waals surface area contributed by atoms with E-state index in [-0.39, 0.29) is 18.0 Å². The van der Waals surface area contributed by atoms with Crippen LogP contribution >= 0.6 is 0 Å². The monoisotopic (exact) mass is 684 g/mol. The van der Waals surface area contributed by atoms with Gasteiger partial charge in [0.25, 0.3) is 11.8 Å². The molecule has 1 fully saturated rings. The van der Waals surface area contributed by atoms with Gasteiger partial charge in [-0.1, -0.05) is 54.6 Å². The number of aromatic nitrogens is 2. The maximum absolute atomic E-state index is 14.4. The van der Waals surface area contributed by atoms with Crippen LogP contribution in [0.4, 0.5) is 19.0 Å². The van der Waals surface area contributed by atoms with Crippen LogP contribution in [-0.4, -0.2) is 76.6 Å². The number of benzene rings is 3. The molecule has 6 rings (SSSR count). The Bertz CT molecular complexity index is 1880. The highest BCUT2D eigenvalue weighted by molar-refractivity contribution is 6.05. The maximum atomic E-state index is 14.4. The first-order valence-electron chi connectivity index (χ1n) is 16.7. The number of likely N-dealkylation sites (N-methyl/N-ethyl adjacent to an activating group) is 2. The molecule has 2 aliphatic heterocycles. The van der Waals surface area contributed by atoms with E-state index in [1.807, 2.05) is 79.5 Å². The van der Waals surface area contributed by atoms with Crippen molar-refractivity contribution in [3.63, 3.8) is 0 Å². The molecule has 0 spiro atoms. The summed E-state index contributed by atoms with van der Waals surface area (Å²) in [7, 11) is 1.95. The van der Waals surface area contributed by atoms with Crippen LogP contribution in [0.15, 0.2) is 97.2 Å². The number of fused-ring (bicyclic) bond motifs is 1. The molecule has 3 amide bonds. The van der Waals surface area contributed by atoms with Crippen molar-refractivity contribution < 1.29 is 27.6 Å². The Balaban J connectivity index is 1.33. The summed E-state index contributed by atoms with van der Waals surface area (Å²) >= 11 is 0. The van der Waals surface area contributed by atoms with E-state index in [1.54, 1.807) is 21.9 Å².